The van der Waals surface area contributed by atoms with Gasteiger partial charge in [-0.25, -0.2) is 8.42 Å². The highest BCUT2D eigenvalue weighted by Crippen LogP contribution is 2.34. The fourth-order valence-electron chi connectivity index (χ4n) is 1.75. The molecule has 0 bridgehead atoms. The van der Waals surface area contributed by atoms with Crippen molar-refractivity contribution in [1.82, 2.24) is 4.31 Å². The molecule has 98 valence electrons. The lowest BCUT2D eigenvalue weighted by atomic mass is 9.85. The van der Waals surface area contributed by atoms with Gasteiger partial charge in [-0.3, -0.25) is 0 Å². The molecule has 0 radical (unpaired) electrons. The quantitative estimate of drug-likeness (QED) is 0.899. The van der Waals surface area contributed by atoms with Gasteiger partial charge in [-0.05, 0) is 18.1 Å². The summed E-state index contributed by atoms with van der Waals surface area (Å²) in [5, 5.41) is 18.8. The minimum Gasteiger partial charge on any atom is -0.387 e. The van der Waals surface area contributed by atoms with E-state index in [0.717, 1.165) is 11.3 Å². The summed E-state index contributed by atoms with van der Waals surface area (Å²) < 4.78 is 25.7. The summed E-state index contributed by atoms with van der Waals surface area (Å²) in [6.07, 6.45) is 0. The molecule has 1 aliphatic rings. The smallest absolute Gasteiger partial charge is 0.252 e. The molecule has 1 aromatic rings. The molecule has 1 aromatic heterocycles. The largest absolute Gasteiger partial charge is 0.387 e. The highest BCUT2D eigenvalue weighted by atomic mass is 32.2. The Bertz CT molecular complexity index is 592. The SMILES string of the molecule is CC(C)C1(O)CN(S(=O)(=O)c2ccc(C#N)s2)C1. The van der Waals surface area contributed by atoms with E-state index in [4.69, 9.17) is 5.26 Å². The van der Waals surface area contributed by atoms with E-state index in [9.17, 15) is 13.5 Å². The van der Waals surface area contributed by atoms with E-state index in [2.05, 4.69) is 0 Å². The maximum absolute atomic E-state index is 12.2. The average molecular weight is 286 g/mol. The van der Waals surface area contributed by atoms with Crippen LogP contribution in [0.3, 0.4) is 0 Å². The highest BCUT2D eigenvalue weighted by molar-refractivity contribution is 7.91. The third kappa shape index (κ3) is 2.06. The van der Waals surface area contributed by atoms with Crippen LogP contribution in [-0.4, -0.2) is 36.5 Å². The fourth-order valence-corrected chi connectivity index (χ4v) is 4.57. The minimum atomic E-state index is -3.56. The van der Waals surface area contributed by atoms with Gasteiger partial charge < -0.3 is 5.11 Å². The Balaban J connectivity index is 2.18. The van der Waals surface area contributed by atoms with Crippen molar-refractivity contribution in [3.8, 4) is 6.07 Å². The zero-order valence-corrected chi connectivity index (χ0v) is 11.8. The van der Waals surface area contributed by atoms with Crippen molar-refractivity contribution >= 4 is 21.4 Å². The van der Waals surface area contributed by atoms with Crippen molar-refractivity contribution in [2.45, 2.75) is 23.7 Å². The van der Waals surface area contributed by atoms with E-state index in [1.165, 1.54) is 16.4 Å². The summed E-state index contributed by atoms with van der Waals surface area (Å²) in [6.45, 7) is 3.96. The maximum atomic E-state index is 12.2. The monoisotopic (exact) mass is 286 g/mol. The van der Waals surface area contributed by atoms with Gasteiger partial charge in [0.25, 0.3) is 10.0 Å². The van der Waals surface area contributed by atoms with Crippen LogP contribution >= 0.6 is 11.3 Å². The number of sulfonamides is 1. The number of hydrogen-bond donors (Lipinski definition) is 1. The molecule has 2 rings (SSSR count). The van der Waals surface area contributed by atoms with Gasteiger partial charge in [-0.1, -0.05) is 13.8 Å². The summed E-state index contributed by atoms with van der Waals surface area (Å²) in [6, 6.07) is 4.84. The van der Waals surface area contributed by atoms with Crippen molar-refractivity contribution < 1.29 is 13.5 Å². The van der Waals surface area contributed by atoms with Crippen LogP contribution in [0.1, 0.15) is 18.7 Å². The predicted octanol–water partition coefficient (Wildman–Crippen LogP) is 1.01. The van der Waals surface area contributed by atoms with Crippen molar-refractivity contribution in [3.05, 3.63) is 17.0 Å². The molecule has 7 heteroatoms. The molecule has 1 saturated heterocycles. The van der Waals surface area contributed by atoms with Crippen molar-refractivity contribution in [2.75, 3.05) is 13.1 Å². The zero-order valence-electron chi connectivity index (χ0n) is 10.1. The molecule has 5 nitrogen and oxygen atoms in total. The Kier molecular flexibility index (Phi) is 3.23. The molecule has 0 spiro atoms. The number of nitriles is 1. The summed E-state index contributed by atoms with van der Waals surface area (Å²) >= 11 is 0.954. The van der Waals surface area contributed by atoms with E-state index in [-0.39, 0.29) is 23.2 Å². The maximum Gasteiger partial charge on any atom is 0.252 e. The molecular weight excluding hydrogens is 272 g/mol. The molecule has 1 aliphatic heterocycles. The first-order valence-corrected chi connectivity index (χ1v) is 7.78. The summed E-state index contributed by atoms with van der Waals surface area (Å²) in [5.74, 6) is 0.0157. The van der Waals surface area contributed by atoms with Crippen LogP contribution < -0.4 is 0 Å². The third-order valence-corrected chi connectivity index (χ3v) is 6.51. The topological polar surface area (TPSA) is 81.4 Å². The zero-order chi connectivity index (χ0) is 13.6. The number of thiophene rings is 1. The fraction of sp³-hybridized carbons (Fsp3) is 0.545. The lowest BCUT2D eigenvalue weighted by molar-refractivity contribution is -0.0931. The van der Waals surface area contributed by atoms with Crippen LogP contribution in [0, 0.1) is 17.2 Å². The van der Waals surface area contributed by atoms with E-state index in [0.29, 0.717) is 4.88 Å². The van der Waals surface area contributed by atoms with Gasteiger partial charge in [0, 0.05) is 13.1 Å². The lowest BCUT2D eigenvalue weighted by Gasteiger charge is -2.47. The van der Waals surface area contributed by atoms with Crippen molar-refractivity contribution in [2.24, 2.45) is 5.92 Å². The van der Waals surface area contributed by atoms with Gasteiger partial charge in [0.15, 0.2) is 0 Å². The van der Waals surface area contributed by atoms with Crippen molar-refractivity contribution in [1.29, 1.82) is 5.26 Å². The van der Waals surface area contributed by atoms with Gasteiger partial charge in [0.2, 0.25) is 0 Å². The first kappa shape index (κ1) is 13.5. The summed E-state index contributed by atoms with van der Waals surface area (Å²) in [5.41, 5.74) is -0.928. The Morgan fingerprint density at radius 3 is 2.56 bits per heavy atom. The molecule has 1 fully saturated rings. The Labute approximate surface area is 110 Å². The lowest BCUT2D eigenvalue weighted by Crippen LogP contribution is -2.65. The number of aliphatic hydroxyl groups is 1. The summed E-state index contributed by atoms with van der Waals surface area (Å²) in [7, 11) is -3.56. The number of rotatable bonds is 3. The van der Waals surface area contributed by atoms with Crippen LogP contribution in [0.4, 0.5) is 0 Å². The summed E-state index contributed by atoms with van der Waals surface area (Å²) in [4.78, 5) is 0.369. The van der Waals surface area contributed by atoms with Crippen LogP contribution in [0.25, 0.3) is 0 Å². The van der Waals surface area contributed by atoms with Gasteiger partial charge in [-0.2, -0.15) is 9.57 Å². The van der Waals surface area contributed by atoms with Crippen LogP contribution in [-0.2, 0) is 10.0 Å². The number of hydrogen-bond acceptors (Lipinski definition) is 5. The normalized spacial score (nSPS) is 19.5. The van der Waals surface area contributed by atoms with Gasteiger partial charge >= 0.3 is 0 Å². The molecule has 0 aromatic carbocycles. The predicted molar refractivity (Wildman–Crippen MR) is 67.6 cm³/mol. The average Bonchev–Trinajstić information content (AvgIpc) is 2.73. The molecule has 0 atom stereocenters. The van der Waals surface area contributed by atoms with Crippen LogP contribution in [0.15, 0.2) is 16.3 Å². The number of nitrogens with zero attached hydrogens (tertiary/aromatic N) is 2. The molecule has 0 aliphatic carbocycles. The Morgan fingerprint density at radius 2 is 2.11 bits per heavy atom. The second-order valence-electron chi connectivity index (χ2n) is 4.76. The molecular formula is C11H14N2O3S2. The molecule has 18 heavy (non-hydrogen) atoms. The van der Waals surface area contributed by atoms with E-state index >= 15 is 0 Å². The second kappa shape index (κ2) is 4.31. The molecule has 1 N–H and O–H groups in total. The van der Waals surface area contributed by atoms with Crippen LogP contribution in [0.2, 0.25) is 0 Å². The molecule has 2 heterocycles. The van der Waals surface area contributed by atoms with Gasteiger partial charge in [0.1, 0.15) is 15.2 Å². The second-order valence-corrected chi connectivity index (χ2v) is 8.01. The molecule has 0 unspecified atom stereocenters. The standard InChI is InChI=1S/C11H14N2O3S2/c1-8(2)11(14)6-13(7-11)18(15,16)10-4-3-9(5-12)17-10/h3-4,8,14H,6-7H2,1-2H3. The first-order chi connectivity index (χ1) is 8.29. The van der Waals surface area contributed by atoms with Crippen molar-refractivity contribution in [3.63, 3.8) is 0 Å². The van der Waals surface area contributed by atoms with E-state index < -0.39 is 15.6 Å². The van der Waals surface area contributed by atoms with E-state index in [1.54, 1.807) is 0 Å². The van der Waals surface area contributed by atoms with Crippen LogP contribution in [0.5, 0.6) is 0 Å². The minimum absolute atomic E-state index is 0.0157. The molecule has 0 saturated carbocycles. The first-order valence-electron chi connectivity index (χ1n) is 5.52. The highest BCUT2D eigenvalue weighted by Gasteiger charge is 2.49. The Hall–Kier alpha value is -0.940. The van der Waals surface area contributed by atoms with Gasteiger partial charge in [0.05, 0.1) is 5.60 Å². The van der Waals surface area contributed by atoms with E-state index in [1.807, 2.05) is 19.9 Å². The number of β-amino-alcohol motifs (C(OH)–C–C–N with tert-alkyl or cyclic N) is 1. The Morgan fingerprint density at radius 1 is 1.50 bits per heavy atom. The third-order valence-electron chi connectivity index (χ3n) is 3.26. The van der Waals surface area contributed by atoms with Gasteiger partial charge in [-0.15, -0.1) is 11.3 Å². The molecule has 0 amide bonds.